The first kappa shape index (κ1) is 18.9. The third-order valence-corrected chi connectivity index (χ3v) is 4.57. The third kappa shape index (κ3) is 3.65. The van der Waals surface area contributed by atoms with Gasteiger partial charge in [0, 0.05) is 12.1 Å². The molecule has 3 aromatic rings. The number of ether oxygens (including phenoxy) is 1. The molecule has 0 spiro atoms. The summed E-state index contributed by atoms with van der Waals surface area (Å²) in [5, 5.41) is 7.94. The summed E-state index contributed by atoms with van der Waals surface area (Å²) < 4.78 is 61.1. The molecule has 0 atom stereocenters. The summed E-state index contributed by atoms with van der Waals surface area (Å²) in [5.74, 6) is -5.65. The minimum Gasteiger partial charge on any atom is -0.497 e. The molecule has 0 aliphatic rings. The van der Waals surface area contributed by atoms with Gasteiger partial charge in [-0.05, 0) is 36.0 Å². The fraction of sp³-hybridized carbons (Fsp3) is 0.118. The third-order valence-electron chi connectivity index (χ3n) is 3.53. The van der Waals surface area contributed by atoms with Crippen molar-refractivity contribution in [3.63, 3.8) is 0 Å². The van der Waals surface area contributed by atoms with Crippen LogP contribution in [0.5, 0.6) is 5.75 Å². The summed E-state index contributed by atoms with van der Waals surface area (Å²) in [6.07, 6.45) is 1.53. The van der Waals surface area contributed by atoms with Gasteiger partial charge >= 0.3 is 0 Å². The van der Waals surface area contributed by atoms with Crippen LogP contribution in [0.1, 0.15) is 0 Å². The zero-order valence-electron chi connectivity index (χ0n) is 13.9. The maximum atomic E-state index is 13.9. The summed E-state index contributed by atoms with van der Waals surface area (Å²) in [6.45, 7) is 3.83. The Balaban J connectivity index is 2.05. The predicted octanol–water partition coefficient (Wildman–Crippen LogP) is 4.24. The van der Waals surface area contributed by atoms with Crippen molar-refractivity contribution in [3.8, 4) is 17.1 Å². The summed E-state index contributed by atoms with van der Waals surface area (Å²) >= 11 is 0.406. The first-order valence-corrected chi connectivity index (χ1v) is 8.34. The fourth-order valence-electron chi connectivity index (χ4n) is 2.26. The first-order chi connectivity index (χ1) is 13.0. The molecule has 2 aromatic heterocycles. The molecule has 27 heavy (non-hydrogen) atoms. The van der Waals surface area contributed by atoms with Crippen LogP contribution in [0.3, 0.4) is 0 Å². The lowest BCUT2D eigenvalue weighted by molar-refractivity contribution is 0.383. The minimum absolute atomic E-state index is 0.0310. The molecule has 1 aromatic carbocycles. The van der Waals surface area contributed by atoms with Crippen molar-refractivity contribution in [2.24, 2.45) is 0 Å². The fourth-order valence-corrected chi connectivity index (χ4v) is 3.14. The molecule has 0 radical (unpaired) electrons. The van der Waals surface area contributed by atoms with Gasteiger partial charge in [0.15, 0.2) is 22.6 Å². The number of allylic oxidation sites excluding steroid dienone is 1. The molecule has 5 nitrogen and oxygen atoms in total. The number of nitrogens with zero attached hydrogens (tertiary/aromatic N) is 4. The molecule has 140 valence electrons. The number of methoxy groups -OCH3 is 1. The summed E-state index contributed by atoms with van der Waals surface area (Å²) in [7, 11) is 1.53. The Labute approximate surface area is 155 Å². The second-order valence-corrected chi connectivity index (χ2v) is 6.16. The van der Waals surface area contributed by atoms with E-state index in [0.29, 0.717) is 28.9 Å². The van der Waals surface area contributed by atoms with Gasteiger partial charge < -0.3 is 4.74 Å². The number of hydrogen-bond donors (Lipinski definition) is 0. The van der Waals surface area contributed by atoms with Crippen molar-refractivity contribution in [3.05, 3.63) is 60.5 Å². The number of hydrogen-bond acceptors (Lipinski definition) is 5. The van der Waals surface area contributed by atoms with Gasteiger partial charge in [-0.2, -0.15) is 13.8 Å². The lowest BCUT2D eigenvalue weighted by Crippen LogP contribution is -2.04. The van der Waals surface area contributed by atoms with E-state index in [4.69, 9.17) is 4.74 Å². The van der Waals surface area contributed by atoms with Gasteiger partial charge in [-0.25, -0.2) is 8.78 Å². The monoisotopic (exact) mass is 396 g/mol. The Morgan fingerprint density at radius 2 is 1.70 bits per heavy atom. The van der Waals surface area contributed by atoms with E-state index in [1.165, 1.54) is 17.8 Å². The SMILES string of the molecule is C=CCn1c(Sc2c(F)c(F)nc(F)c2F)nnc1-c1ccc(OC)cc1. The van der Waals surface area contributed by atoms with E-state index >= 15 is 0 Å². The maximum absolute atomic E-state index is 13.9. The van der Waals surface area contributed by atoms with Crippen molar-refractivity contribution < 1.29 is 22.3 Å². The predicted molar refractivity (Wildman–Crippen MR) is 90.4 cm³/mol. The summed E-state index contributed by atoms with van der Waals surface area (Å²) in [6, 6.07) is 6.87. The maximum Gasteiger partial charge on any atom is 0.252 e. The van der Waals surface area contributed by atoms with E-state index in [2.05, 4.69) is 21.8 Å². The van der Waals surface area contributed by atoms with Crippen LogP contribution in [-0.4, -0.2) is 26.9 Å². The topological polar surface area (TPSA) is 52.8 Å². The van der Waals surface area contributed by atoms with Crippen LogP contribution >= 0.6 is 11.8 Å². The number of benzene rings is 1. The molecule has 0 aliphatic carbocycles. The minimum atomic E-state index is -1.73. The van der Waals surface area contributed by atoms with Gasteiger partial charge in [0.1, 0.15) is 5.75 Å². The van der Waals surface area contributed by atoms with Crippen LogP contribution in [-0.2, 0) is 6.54 Å². The highest BCUT2D eigenvalue weighted by molar-refractivity contribution is 7.99. The van der Waals surface area contributed by atoms with E-state index in [-0.39, 0.29) is 11.7 Å². The Morgan fingerprint density at radius 3 is 2.26 bits per heavy atom. The van der Waals surface area contributed by atoms with Crippen molar-refractivity contribution >= 4 is 11.8 Å². The first-order valence-electron chi connectivity index (χ1n) is 7.52. The molecule has 0 saturated heterocycles. The van der Waals surface area contributed by atoms with Crippen LogP contribution in [0.4, 0.5) is 17.6 Å². The van der Waals surface area contributed by atoms with Crippen molar-refractivity contribution in [1.82, 2.24) is 19.7 Å². The van der Waals surface area contributed by atoms with Crippen LogP contribution in [0, 0.1) is 23.5 Å². The molecule has 0 fully saturated rings. The summed E-state index contributed by atoms with van der Waals surface area (Å²) in [4.78, 5) is 1.65. The van der Waals surface area contributed by atoms with Crippen LogP contribution in [0.25, 0.3) is 11.4 Å². The Morgan fingerprint density at radius 1 is 1.07 bits per heavy atom. The van der Waals surface area contributed by atoms with Crippen LogP contribution in [0.15, 0.2) is 47.0 Å². The Hall–Kier alpha value is -2.88. The Kier molecular flexibility index (Phi) is 5.45. The number of halogens is 4. The van der Waals surface area contributed by atoms with Crippen molar-refractivity contribution in [2.75, 3.05) is 7.11 Å². The number of aromatic nitrogens is 4. The van der Waals surface area contributed by atoms with Crippen LogP contribution < -0.4 is 4.74 Å². The van der Waals surface area contributed by atoms with E-state index in [1.807, 2.05) is 0 Å². The zero-order chi connectivity index (χ0) is 19.6. The van der Waals surface area contributed by atoms with Crippen molar-refractivity contribution in [1.29, 1.82) is 0 Å². The highest BCUT2D eigenvalue weighted by Gasteiger charge is 2.24. The van der Waals surface area contributed by atoms with Gasteiger partial charge in [-0.3, -0.25) is 4.57 Å². The molecular formula is C17H12F4N4OS. The van der Waals surface area contributed by atoms with Gasteiger partial charge in [0.25, 0.3) is 11.9 Å². The molecule has 2 heterocycles. The second kappa shape index (κ2) is 7.78. The molecule has 0 amide bonds. The largest absolute Gasteiger partial charge is 0.497 e. The molecule has 3 rings (SSSR count). The second-order valence-electron chi connectivity index (χ2n) is 5.19. The molecule has 10 heteroatoms. The van der Waals surface area contributed by atoms with E-state index in [9.17, 15) is 17.6 Å². The highest BCUT2D eigenvalue weighted by Crippen LogP contribution is 2.34. The molecule has 0 saturated carbocycles. The summed E-state index contributed by atoms with van der Waals surface area (Å²) in [5.41, 5.74) is 0.657. The lowest BCUT2D eigenvalue weighted by Gasteiger charge is -2.09. The zero-order valence-corrected chi connectivity index (χ0v) is 14.7. The normalized spacial score (nSPS) is 10.9. The highest BCUT2D eigenvalue weighted by atomic mass is 32.2. The molecule has 0 aliphatic heterocycles. The lowest BCUT2D eigenvalue weighted by atomic mass is 10.2. The average Bonchev–Trinajstić information content (AvgIpc) is 3.06. The van der Waals surface area contributed by atoms with Crippen LogP contribution in [0.2, 0.25) is 0 Å². The van der Waals surface area contributed by atoms with E-state index in [0.717, 1.165) is 0 Å². The molecule has 0 unspecified atom stereocenters. The quantitative estimate of drug-likeness (QED) is 0.354. The van der Waals surface area contributed by atoms with Gasteiger partial charge in [-0.1, -0.05) is 6.08 Å². The van der Waals surface area contributed by atoms with Crippen molar-refractivity contribution in [2.45, 2.75) is 16.6 Å². The average molecular weight is 396 g/mol. The number of pyridine rings is 1. The van der Waals surface area contributed by atoms with E-state index in [1.54, 1.807) is 24.3 Å². The van der Waals surface area contributed by atoms with Gasteiger partial charge in [-0.15, -0.1) is 16.8 Å². The standard InChI is InChI=1S/C17H12F4N4OS/c1-3-8-25-16(9-4-6-10(26-2)7-5-9)23-24-17(25)27-13-11(18)14(20)22-15(21)12(13)19/h3-7H,1,8H2,2H3. The number of rotatable bonds is 6. The van der Waals surface area contributed by atoms with E-state index < -0.39 is 28.4 Å². The molecule has 0 N–H and O–H groups in total. The van der Waals surface area contributed by atoms with Gasteiger partial charge in [0.05, 0.1) is 12.0 Å². The molecular weight excluding hydrogens is 384 g/mol. The Bertz CT molecular complexity index is 965. The smallest absolute Gasteiger partial charge is 0.252 e. The molecule has 0 bridgehead atoms. The van der Waals surface area contributed by atoms with Gasteiger partial charge in [0.2, 0.25) is 0 Å².